The minimum absolute atomic E-state index is 0.0938. The van der Waals surface area contributed by atoms with Crippen LogP contribution in [0.1, 0.15) is 17.2 Å². The lowest BCUT2D eigenvalue weighted by atomic mass is 9.98. The van der Waals surface area contributed by atoms with E-state index in [9.17, 15) is 13.6 Å². The molecule has 0 aliphatic carbocycles. The standard InChI is InChI=1S/C23H22F2N2O3/c1-29-20-9-5-8-18(14-20)27-21(28)15-26-22(16-6-3-2-4-7-16)17-10-12-19(13-11-17)30-23(24)25/h2-14,22-23,26H,15H2,1H3,(H,27,28)/p+1/t22-/m0/s1. The van der Waals surface area contributed by atoms with Gasteiger partial charge >= 0.3 is 6.61 Å². The van der Waals surface area contributed by atoms with Crippen molar-refractivity contribution >= 4 is 11.6 Å². The number of hydrogen-bond donors (Lipinski definition) is 2. The van der Waals surface area contributed by atoms with Gasteiger partial charge in [0.05, 0.1) is 7.11 Å². The van der Waals surface area contributed by atoms with E-state index in [-0.39, 0.29) is 24.2 Å². The lowest BCUT2D eigenvalue weighted by Crippen LogP contribution is -2.87. The first-order chi connectivity index (χ1) is 14.5. The van der Waals surface area contributed by atoms with E-state index in [0.29, 0.717) is 11.4 Å². The fourth-order valence-electron chi connectivity index (χ4n) is 3.12. The van der Waals surface area contributed by atoms with Crippen LogP contribution in [0.25, 0.3) is 0 Å². The Labute approximate surface area is 173 Å². The van der Waals surface area contributed by atoms with Crippen molar-refractivity contribution in [2.45, 2.75) is 12.7 Å². The van der Waals surface area contributed by atoms with Gasteiger partial charge in [0.2, 0.25) is 0 Å². The second kappa shape index (κ2) is 10.4. The third-order valence-corrected chi connectivity index (χ3v) is 4.52. The van der Waals surface area contributed by atoms with Gasteiger partial charge in [-0.25, -0.2) is 0 Å². The summed E-state index contributed by atoms with van der Waals surface area (Å²) in [7, 11) is 1.57. The SMILES string of the molecule is COc1cccc(NC(=O)C[NH2+][C@@H](c2ccccc2)c2ccc(OC(F)F)cc2)c1. The predicted molar refractivity (Wildman–Crippen MR) is 110 cm³/mol. The maximum atomic E-state index is 12.5. The highest BCUT2D eigenvalue weighted by atomic mass is 19.3. The molecule has 0 saturated heterocycles. The van der Waals surface area contributed by atoms with Gasteiger partial charge in [0.1, 0.15) is 17.5 Å². The molecule has 0 aromatic heterocycles. The van der Waals surface area contributed by atoms with E-state index in [1.165, 1.54) is 12.1 Å². The summed E-state index contributed by atoms with van der Waals surface area (Å²) in [4.78, 5) is 12.5. The Balaban J connectivity index is 1.71. The molecule has 0 aliphatic heterocycles. The fraction of sp³-hybridized carbons (Fsp3) is 0.174. The first kappa shape index (κ1) is 21.3. The largest absolute Gasteiger partial charge is 0.497 e. The highest BCUT2D eigenvalue weighted by Crippen LogP contribution is 2.22. The molecule has 5 nitrogen and oxygen atoms in total. The van der Waals surface area contributed by atoms with E-state index < -0.39 is 6.61 Å². The highest BCUT2D eigenvalue weighted by molar-refractivity contribution is 5.91. The number of halogens is 2. The number of nitrogens with one attached hydrogen (secondary N) is 1. The van der Waals surface area contributed by atoms with Gasteiger partial charge in [0.25, 0.3) is 5.91 Å². The van der Waals surface area contributed by atoms with E-state index in [0.717, 1.165) is 11.1 Å². The molecule has 0 heterocycles. The van der Waals surface area contributed by atoms with E-state index in [1.54, 1.807) is 43.5 Å². The van der Waals surface area contributed by atoms with Crippen LogP contribution in [-0.2, 0) is 4.79 Å². The van der Waals surface area contributed by atoms with Gasteiger partial charge < -0.3 is 20.1 Å². The number of methoxy groups -OCH3 is 1. The highest BCUT2D eigenvalue weighted by Gasteiger charge is 2.19. The number of quaternary nitrogens is 1. The third-order valence-electron chi connectivity index (χ3n) is 4.52. The Hall–Kier alpha value is -3.45. The molecule has 1 atom stereocenters. The predicted octanol–water partition coefficient (Wildman–Crippen LogP) is 3.59. The average Bonchev–Trinajstić information content (AvgIpc) is 2.75. The summed E-state index contributed by atoms with van der Waals surface area (Å²) in [5, 5.41) is 4.75. The monoisotopic (exact) mass is 413 g/mol. The molecule has 30 heavy (non-hydrogen) atoms. The zero-order chi connectivity index (χ0) is 21.3. The minimum Gasteiger partial charge on any atom is -0.497 e. The van der Waals surface area contributed by atoms with Crippen molar-refractivity contribution < 1.29 is 28.4 Å². The van der Waals surface area contributed by atoms with Gasteiger partial charge in [0, 0.05) is 22.9 Å². The Morgan fingerprint density at radius 1 is 0.933 bits per heavy atom. The number of carbonyl (C=O) groups excluding carboxylic acids is 1. The topological polar surface area (TPSA) is 64.2 Å². The van der Waals surface area contributed by atoms with E-state index in [4.69, 9.17) is 4.74 Å². The van der Waals surface area contributed by atoms with Crippen molar-refractivity contribution in [3.63, 3.8) is 0 Å². The molecule has 156 valence electrons. The van der Waals surface area contributed by atoms with Crippen LogP contribution in [0.4, 0.5) is 14.5 Å². The third kappa shape index (κ3) is 6.02. The van der Waals surface area contributed by atoms with Crippen LogP contribution >= 0.6 is 0 Å². The molecule has 0 saturated carbocycles. The number of anilines is 1. The molecule has 3 aromatic rings. The Kier molecular flexibility index (Phi) is 7.34. The number of carbonyl (C=O) groups is 1. The van der Waals surface area contributed by atoms with Gasteiger partial charge in [-0.1, -0.05) is 36.4 Å². The van der Waals surface area contributed by atoms with Crippen molar-refractivity contribution in [2.24, 2.45) is 0 Å². The molecule has 3 N–H and O–H groups in total. The molecule has 3 aromatic carbocycles. The van der Waals surface area contributed by atoms with Crippen LogP contribution in [0.15, 0.2) is 78.9 Å². The number of benzene rings is 3. The van der Waals surface area contributed by atoms with Gasteiger partial charge in [-0.3, -0.25) is 4.79 Å². The van der Waals surface area contributed by atoms with Crippen LogP contribution in [0.3, 0.4) is 0 Å². The summed E-state index contributed by atoms with van der Waals surface area (Å²) in [6, 6.07) is 23.1. The van der Waals surface area contributed by atoms with E-state index in [1.807, 2.05) is 35.6 Å². The fourth-order valence-corrected chi connectivity index (χ4v) is 3.12. The summed E-state index contributed by atoms with van der Waals surface area (Å²) >= 11 is 0. The number of ether oxygens (including phenoxy) is 2. The molecule has 3 rings (SSSR count). The average molecular weight is 413 g/mol. The lowest BCUT2D eigenvalue weighted by molar-refractivity contribution is -0.676. The van der Waals surface area contributed by atoms with Crippen molar-refractivity contribution in [1.82, 2.24) is 0 Å². The van der Waals surface area contributed by atoms with Crippen LogP contribution in [0, 0.1) is 0 Å². The number of alkyl halides is 2. The second-order valence-electron chi connectivity index (χ2n) is 6.56. The van der Waals surface area contributed by atoms with Gasteiger partial charge in [-0.05, 0) is 36.4 Å². The first-order valence-corrected chi connectivity index (χ1v) is 9.42. The zero-order valence-electron chi connectivity index (χ0n) is 16.4. The van der Waals surface area contributed by atoms with Crippen molar-refractivity contribution in [2.75, 3.05) is 19.0 Å². The second-order valence-corrected chi connectivity index (χ2v) is 6.56. The Bertz CT molecular complexity index is 950. The first-order valence-electron chi connectivity index (χ1n) is 9.42. The summed E-state index contributed by atoms with van der Waals surface area (Å²) in [6.45, 7) is -2.70. The molecule has 0 radical (unpaired) electrons. The van der Waals surface area contributed by atoms with E-state index in [2.05, 4.69) is 10.1 Å². The Morgan fingerprint density at radius 3 is 2.30 bits per heavy atom. The maximum Gasteiger partial charge on any atom is 0.387 e. The molecular weight excluding hydrogens is 390 g/mol. The van der Waals surface area contributed by atoms with Crippen molar-refractivity contribution in [1.29, 1.82) is 0 Å². The molecule has 1 amide bonds. The number of nitrogens with two attached hydrogens (primary N) is 1. The zero-order valence-corrected chi connectivity index (χ0v) is 16.4. The number of amides is 1. The normalized spacial score (nSPS) is 11.7. The smallest absolute Gasteiger partial charge is 0.387 e. The molecule has 0 unspecified atom stereocenters. The maximum absolute atomic E-state index is 12.5. The molecular formula is C23H23F2N2O3+. The quantitative estimate of drug-likeness (QED) is 0.564. The molecule has 0 aliphatic rings. The van der Waals surface area contributed by atoms with Gasteiger partial charge in [-0.2, -0.15) is 8.78 Å². The van der Waals surface area contributed by atoms with Crippen molar-refractivity contribution in [3.8, 4) is 11.5 Å². The lowest BCUT2D eigenvalue weighted by Gasteiger charge is -2.17. The van der Waals surface area contributed by atoms with Crippen LogP contribution in [0.2, 0.25) is 0 Å². The summed E-state index contributed by atoms with van der Waals surface area (Å²) in [6.07, 6.45) is 0. The number of rotatable bonds is 9. The summed E-state index contributed by atoms with van der Waals surface area (Å²) in [5.41, 5.74) is 2.52. The van der Waals surface area contributed by atoms with E-state index >= 15 is 0 Å². The Morgan fingerprint density at radius 2 is 1.63 bits per heavy atom. The summed E-state index contributed by atoms with van der Waals surface area (Å²) < 4.78 is 34.4. The van der Waals surface area contributed by atoms with Crippen LogP contribution < -0.4 is 20.1 Å². The summed E-state index contributed by atoms with van der Waals surface area (Å²) in [5.74, 6) is 0.586. The number of hydrogen-bond acceptors (Lipinski definition) is 3. The van der Waals surface area contributed by atoms with Crippen LogP contribution in [-0.4, -0.2) is 26.2 Å². The molecule has 7 heteroatoms. The van der Waals surface area contributed by atoms with Gasteiger partial charge in [-0.15, -0.1) is 0 Å². The molecule has 0 fully saturated rings. The van der Waals surface area contributed by atoms with Crippen molar-refractivity contribution in [3.05, 3.63) is 90.0 Å². The minimum atomic E-state index is -2.87. The molecule has 0 spiro atoms. The van der Waals surface area contributed by atoms with Gasteiger partial charge in [0.15, 0.2) is 6.54 Å². The molecule has 0 bridgehead atoms. The van der Waals surface area contributed by atoms with Crippen LogP contribution in [0.5, 0.6) is 11.5 Å².